The first kappa shape index (κ1) is 21.2. The third-order valence-electron chi connectivity index (χ3n) is 5.07. The number of nitro groups is 1. The van der Waals surface area contributed by atoms with Crippen molar-refractivity contribution in [2.45, 2.75) is 44.8 Å². The lowest BCUT2D eigenvalue weighted by Gasteiger charge is -2.36. The molecule has 30 heavy (non-hydrogen) atoms. The number of guanidine groups is 1. The molecule has 1 saturated heterocycles. The molecule has 2 atom stereocenters. The summed E-state index contributed by atoms with van der Waals surface area (Å²) in [7, 11) is 1.59. The second kappa shape index (κ2) is 9.33. The van der Waals surface area contributed by atoms with Crippen molar-refractivity contribution in [1.29, 1.82) is 0 Å². The predicted octanol–water partition coefficient (Wildman–Crippen LogP) is 1.65. The fraction of sp³-hybridized carbons (Fsp3) is 0.474. The van der Waals surface area contributed by atoms with Crippen molar-refractivity contribution in [1.82, 2.24) is 20.5 Å². The van der Waals surface area contributed by atoms with Crippen molar-refractivity contribution >= 4 is 29.8 Å². The van der Waals surface area contributed by atoms with Crippen LogP contribution in [-0.4, -0.2) is 64.6 Å². The van der Waals surface area contributed by atoms with Gasteiger partial charge in [0.05, 0.1) is 11.1 Å². The van der Waals surface area contributed by atoms with E-state index in [2.05, 4.69) is 27.8 Å². The number of urea groups is 1. The molecule has 2 aliphatic heterocycles. The highest BCUT2D eigenvalue weighted by Gasteiger charge is 2.48. The Labute approximate surface area is 174 Å². The van der Waals surface area contributed by atoms with Crippen molar-refractivity contribution < 1.29 is 14.5 Å². The normalized spacial score (nSPS) is 20.9. The maximum atomic E-state index is 12.5. The molecule has 2 unspecified atom stereocenters. The van der Waals surface area contributed by atoms with Crippen LogP contribution < -0.4 is 10.7 Å². The number of nitrogens with zero attached hydrogens (tertiary/aromatic N) is 5. The van der Waals surface area contributed by atoms with E-state index in [9.17, 15) is 19.7 Å². The maximum absolute atomic E-state index is 12.5. The summed E-state index contributed by atoms with van der Waals surface area (Å²) >= 11 is 0. The number of likely N-dealkylation sites (N-methyl/N-ethyl adjacent to an activating group) is 1. The standard InChI is InChI=1S/C19H25N7O4/c1-3-4-5-6-10-25-15-16(24(2)19(28)22-17(15)27)21-18(25)23-20-12-13-8-7-9-14(11-13)26(29)30/h7-9,11-12,15-16H,3-6,10H2,1-2H3,(H,21,23)(H,22,27,28)/b20-12-. The van der Waals surface area contributed by atoms with Crippen molar-refractivity contribution in [3.8, 4) is 0 Å². The van der Waals surface area contributed by atoms with Crippen LogP contribution in [0.5, 0.6) is 0 Å². The van der Waals surface area contributed by atoms with Gasteiger partial charge in [-0.25, -0.2) is 15.2 Å². The van der Waals surface area contributed by atoms with Crippen LogP contribution in [0.4, 0.5) is 10.5 Å². The molecule has 2 aliphatic rings. The molecule has 1 aromatic rings. The Morgan fingerprint density at radius 1 is 1.33 bits per heavy atom. The molecule has 3 rings (SSSR count). The average molecular weight is 415 g/mol. The molecular weight excluding hydrogens is 390 g/mol. The van der Waals surface area contributed by atoms with Gasteiger partial charge in [-0.3, -0.25) is 20.2 Å². The number of rotatable bonds is 8. The third kappa shape index (κ3) is 4.56. The Morgan fingerprint density at radius 2 is 2.13 bits per heavy atom. The number of hydrogen-bond donors (Lipinski definition) is 2. The summed E-state index contributed by atoms with van der Waals surface area (Å²) in [5.41, 5.74) is 3.36. The van der Waals surface area contributed by atoms with E-state index in [0.29, 0.717) is 18.1 Å². The molecule has 0 aliphatic carbocycles. The van der Waals surface area contributed by atoms with Crippen molar-refractivity contribution in [3.63, 3.8) is 0 Å². The first-order valence-electron chi connectivity index (χ1n) is 9.88. The zero-order chi connectivity index (χ0) is 21.7. The van der Waals surface area contributed by atoms with Gasteiger partial charge in [-0.05, 0) is 6.42 Å². The minimum absolute atomic E-state index is 0.0301. The number of imide groups is 1. The number of hydrogen-bond acceptors (Lipinski definition) is 8. The molecule has 160 valence electrons. The van der Waals surface area contributed by atoms with Crippen LogP contribution in [0.3, 0.4) is 0 Å². The van der Waals surface area contributed by atoms with E-state index in [4.69, 9.17) is 0 Å². The number of unbranched alkanes of at least 4 members (excludes halogenated alkanes) is 3. The van der Waals surface area contributed by atoms with Crippen LogP contribution in [0, 0.1) is 10.1 Å². The number of benzene rings is 1. The zero-order valence-electron chi connectivity index (χ0n) is 16.9. The number of carbonyl (C=O) groups excluding carboxylic acids is 2. The van der Waals surface area contributed by atoms with Crippen LogP contribution in [0.2, 0.25) is 0 Å². The topological polar surface area (TPSA) is 133 Å². The van der Waals surface area contributed by atoms with Gasteiger partial charge in [0.2, 0.25) is 5.96 Å². The highest BCUT2D eigenvalue weighted by atomic mass is 16.6. The van der Waals surface area contributed by atoms with Gasteiger partial charge in [0.1, 0.15) is 0 Å². The fourth-order valence-corrected chi connectivity index (χ4v) is 3.46. The molecule has 2 N–H and O–H groups in total. The highest BCUT2D eigenvalue weighted by molar-refractivity contribution is 6.03. The van der Waals surface area contributed by atoms with Gasteiger partial charge >= 0.3 is 6.03 Å². The summed E-state index contributed by atoms with van der Waals surface area (Å²) in [5, 5.41) is 17.4. The van der Waals surface area contributed by atoms with E-state index >= 15 is 0 Å². The van der Waals surface area contributed by atoms with Gasteiger partial charge in [0, 0.05) is 31.3 Å². The number of fused-ring (bicyclic) bond motifs is 1. The van der Waals surface area contributed by atoms with E-state index in [0.717, 1.165) is 25.7 Å². The SMILES string of the molecule is CCCCCCN1C(N/N=C\c2cccc([N+](=O)[O-])c2)=NC2C1C(=O)NC(=O)N2C. The molecule has 0 saturated carbocycles. The molecule has 1 aromatic carbocycles. The first-order valence-corrected chi connectivity index (χ1v) is 9.88. The molecule has 3 amide bonds. The minimum atomic E-state index is -0.632. The van der Waals surface area contributed by atoms with Gasteiger partial charge in [0.25, 0.3) is 11.6 Å². The van der Waals surface area contributed by atoms with Crippen molar-refractivity contribution in [2.24, 2.45) is 10.1 Å². The Morgan fingerprint density at radius 3 is 2.87 bits per heavy atom. The van der Waals surface area contributed by atoms with Crippen LogP contribution in [0.1, 0.15) is 38.2 Å². The molecular formula is C19H25N7O4. The van der Waals surface area contributed by atoms with Gasteiger partial charge < -0.3 is 9.80 Å². The lowest BCUT2D eigenvalue weighted by atomic mass is 10.1. The van der Waals surface area contributed by atoms with E-state index in [1.807, 2.05) is 4.90 Å². The van der Waals surface area contributed by atoms with Gasteiger partial charge in [-0.1, -0.05) is 38.3 Å². The number of amides is 3. The zero-order valence-corrected chi connectivity index (χ0v) is 16.9. The highest BCUT2D eigenvalue weighted by Crippen LogP contribution is 2.24. The summed E-state index contributed by atoms with van der Waals surface area (Å²) in [5.74, 6) is 0.00156. The fourth-order valence-electron chi connectivity index (χ4n) is 3.46. The first-order chi connectivity index (χ1) is 14.4. The molecule has 2 heterocycles. The van der Waals surface area contributed by atoms with Crippen LogP contribution in [0.25, 0.3) is 0 Å². The molecule has 0 radical (unpaired) electrons. The lowest BCUT2D eigenvalue weighted by molar-refractivity contribution is -0.384. The second-order valence-electron chi connectivity index (χ2n) is 7.19. The lowest BCUT2D eigenvalue weighted by Crippen LogP contribution is -2.64. The molecule has 11 nitrogen and oxygen atoms in total. The number of carbonyl (C=O) groups is 2. The number of nitro benzene ring substituents is 1. The summed E-state index contributed by atoms with van der Waals surface area (Å²) < 4.78 is 0. The van der Waals surface area contributed by atoms with E-state index in [-0.39, 0.29) is 11.6 Å². The maximum Gasteiger partial charge on any atom is 0.325 e. The van der Waals surface area contributed by atoms with Gasteiger partial charge in [-0.2, -0.15) is 5.10 Å². The largest absolute Gasteiger partial charge is 0.326 e. The Hall–Kier alpha value is -3.50. The summed E-state index contributed by atoms with van der Waals surface area (Å²) in [6, 6.07) is 4.97. The Bertz CT molecular complexity index is 885. The number of non-ortho nitro benzene ring substituents is 1. The van der Waals surface area contributed by atoms with E-state index < -0.39 is 23.2 Å². The van der Waals surface area contributed by atoms with Gasteiger partial charge in [0.15, 0.2) is 12.2 Å². The summed E-state index contributed by atoms with van der Waals surface area (Å²) in [6.45, 7) is 2.72. The average Bonchev–Trinajstić information content (AvgIpc) is 3.09. The van der Waals surface area contributed by atoms with E-state index in [1.54, 1.807) is 19.2 Å². The van der Waals surface area contributed by atoms with Crippen LogP contribution in [-0.2, 0) is 4.79 Å². The quantitative estimate of drug-likeness (QED) is 0.287. The Balaban J connectivity index is 1.75. The Kier molecular flexibility index (Phi) is 6.60. The van der Waals surface area contributed by atoms with Crippen molar-refractivity contribution in [3.05, 3.63) is 39.9 Å². The van der Waals surface area contributed by atoms with Crippen LogP contribution >= 0.6 is 0 Å². The molecule has 0 bridgehead atoms. The number of aliphatic imine (C=N–C) groups is 1. The monoisotopic (exact) mass is 415 g/mol. The summed E-state index contributed by atoms with van der Waals surface area (Å²) in [6.07, 6.45) is 4.89. The van der Waals surface area contributed by atoms with Crippen molar-refractivity contribution in [2.75, 3.05) is 13.6 Å². The number of hydrazone groups is 1. The molecule has 0 spiro atoms. The minimum Gasteiger partial charge on any atom is -0.326 e. The molecule has 11 heteroatoms. The summed E-state index contributed by atoms with van der Waals surface area (Å²) in [4.78, 5) is 42.6. The van der Waals surface area contributed by atoms with Gasteiger partial charge in [-0.15, -0.1) is 0 Å². The van der Waals surface area contributed by atoms with Crippen LogP contribution in [0.15, 0.2) is 34.4 Å². The predicted molar refractivity (Wildman–Crippen MR) is 111 cm³/mol. The smallest absolute Gasteiger partial charge is 0.325 e. The third-order valence-corrected chi connectivity index (χ3v) is 5.07. The van der Waals surface area contributed by atoms with E-state index in [1.165, 1.54) is 23.2 Å². The second-order valence-corrected chi connectivity index (χ2v) is 7.19. The molecule has 1 fully saturated rings. The number of nitrogens with one attached hydrogen (secondary N) is 2. The molecule has 0 aromatic heterocycles.